The maximum atomic E-state index is 3.81. The SMILES string of the molecule is CC1(C)c2ccc([nH]2)-c2cccc(c2)-c2ccc([nH]2)C(C)(C)c2ccc([nH]2)-c2cccc(c2)-c2ccc([nH]2)C(C)(C)c2ccc([nH]2)-c2cccc(c2)-c2ccc([nH]2)C(C)(C)c2ccc([nH]2)-c2cccc(c2)-c2ccc1[nH]2. The number of fused-ring (bicyclic) bond motifs is 32. The van der Waals surface area contributed by atoms with Crippen LogP contribution in [0.15, 0.2) is 194 Å². The molecular formula is C68H64N8. The summed E-state index contributed by atoms with van der Waals surface area (Å²) in [5.74, 6) is 0. The van der Waals surface area contributed by atoms with Crippen LogP contribution in [0, 0.1) is 0 Å². The maximum absolute atomic E-state index is 3.81. The molecule has 8 nitrogen and oxygen atoms in total. The van der Waals surface area contributed by atoms with Gasteiger partial charge >= 0.3 is 0 Å². The molecule has 9 heterocycles. The molecule has 376 valence electrons. The molecule has 0 unspecified atom stereocenters. The van der Waals surface area contributed by atoms with Crippen LogP contribution < -0.4 is 0 Å². The van der Waals surface area contributed by atoms with E-state index in [2.05, 4.69) is 289 Å². The van der Waals surface area contributed by atoms with Gasteiger partial charge in [0, 0.05) is 113 Å². The average Bonchev–Trinajstić information content (AvgIpc) is 4.28. The highest BCUT2D eigenvalue weighted by molar-refractivity contribution is 5.75. The standard InChI is InChI=1S/C68H64N8/c1-65(2)57-29-21-49(69-57)41-13-9-15-43(37-41)51-23-31-59(71-51)66(3,4)61-33-25-53(73-61)45-17-11-19-47(39-45)55-27-35-63(75-55)68(7,8)64-36-28-56(76-64)48-20-12-18-46(40-48)54-26-34-62(74-54)67(5,6)60-32-24-52(72-60)44-16-10-14-42(38-44)50-22-30-58(65)70-50/h9-40,69-76H,1-8H3. The van der Waals surface area contributed by atoms with Crippen LogP contribution >= 0.6 is 0 Å². The second-order valence-corrected chi connectivity index (χ2v) is 23.1. The third kappa shape index (κ3) is 7.98. The lowest BCUT2D eigenvalue weighted by atomic mass is 9.86. The van der Waals surface area contributed by atoms with Crippen LogP contribution in [0.5, 0.6) is 0 Å². The second-order valence-electron chi connectivity index (χ2n) is 23.1. The first kappa shape index (κ1) is 46.9. The third-order valence-corrected chi connectivity index (χ3v) is 16.8. The number of aromatic amines is 8. The van der Waals surface area contributed by atoms with Crippen molar-refractivity contribution in [3.63, 3.8) is 0 Å². The molecule has 13 rings (SSSR count). The van der Waals surface area contributed by atoms with E-state index in [4.69, 9.17) is 0 Å². The van der Waals surface area contributed by atoms with Crippen LogP contribution in [0.3, 0.4) is 0 Å². The third-order valence-electron chi connectivity index (χ3n) is 16.8. The average molecular weight is 993 g/mol. The monoisotopic (exact) mass is 993 g/mol. The van der Waals surface area contributed by atoms with Gasteiger partial charge in [-0.05, 0) is 221 Å². The van der Waals surface area contributed by atoms with Gasteiger partial charge in [-0.1, -0.05) is 72.8 Å². The van der Waals surface area contributed by atoms with Crippen molar-refractivity contribution in [3.8, 4) is 90.1 Å². The fourth-order valence-corrected chi connectivity index (χ4v) is 11.4. The van der Waals surface area contributed by atoms with E-state index in [1.54, 1.807) is 0 Å². The zero-order valence-electron chi connectivity index (χ0n) is 44.5. The molecule has 0 aliphatic carbocycles. The molecule has 1 aliphatic heterocycles. The lowest BCUT2D eigenvalue weighted by molar-refractivity contribution is 0.604. The van der Waals surface area contributed by atoms with E-state index in [0.717, 1.165) is 136 Å². The lowest BCUT2D eigenvalue weighted by Crippen LogP contribution is -2.20. The second kappa shape index (κ2) is 17.4. The van der Waals surface area contributed by atoms with Crippen LogP contribution in [0.2, 0.25) is 0 Å². The number of nitrogens with one attached hydrogen (secondary N) is 8. The van der Waals surface area contributed by atoms with Crippen LogP contribution in [0.25, 0.3) is 90.1 Å². The largest absolute Gasteiger partial charge is 0.358 e. The van der Waals surface area contributed by atoms with Crippen molar-refractivity contribution in [1.29, 1.82) is 0 Å². The predicted molar refractivity (Wildman–Crippen MR) is 313 cm³/mol. The van der Waals surface area contributed by atoms with Gasteiger partial charge in [-0.3, -0.25) is 0 Å². The molecule has 8 heteroatoms. The minimum absolute atomic E-state index is 0.310. The summed E-state index contributed by atoms with van der Waals surface area (Å²) < 4.78 is 0. The Hall–Kier alpha value is -8.88. The van der Waals surface area contributed by atoms with Gasteiger partial charge < -0.3 is 39.9 Å². The van der Waals surface area contributed by atoms with Gasteiger partial charge in [0.1, 0.15) is 0 Å². The van der Waals surface area contributed by atoms with Crippen molar-refractivity contribution < 1.29 is 0 Å². The smallest absolute Gasteiger partial charge is 0.0456 e. The summed E-state index contributed by atoms with van der Waals surface area (Å²) in [7, 11) is 0. The molecule has 0 atom stereocenters. The van der Waals surface area contributed by atoms with Gasteiger partial charge in [0.2, 0.25) is 0 Å². The van der Waals surface area contributed by atoms with E-state index in [-0.39, 0.29) is 21.7 Å². The molecule has 0 saturated heterocycles. The van der Waals surface area contributed by atoms with Gasteiger partial charge in [0.25, 0.3) is 0 Å². The van der Waals surface area contributed by atoms with E-state index in [1.807, 2.05) is 0 Å². The summed E-state index contributed by atoms with van der Waals surface area (Å²) in [5, 5.41) is 0. The Morgan fingerprint density at radius 2 is 0.316 bits per heavy atom. The Kier molecular flexibility index (Phi) is 10.7. The molecule has 0 fully saturated rings. The minimum atomic E-state index is -0.310. The molecule has 24 bridgehead atoms. The molecule has 4 aromatic carbocycles. The first-order chi connectivity index (χ1) is 36.6. The van der Waals surface area contributed by atoms with Crippen LogP contribution in [-0.2, 0) is 21.7 Å². The lowest BCUT2D eigenvalue weighted by Gasteiger charge is -2.23. The Bertz CT molecular complexity index is 3330. The molecular weight excluding hydrogens is 929 g/mol. The van der Waals surface area contributed by atoms with Crippen LogP contribution in [-0.4, -0.2) is 39.9 Å². The van der Waals surface area contributed by atoms with Gasteiger partial charge in [0.15, 0.2) is 0 Å². The molecule has 0 spiro atoms. The van der Waals surface area contributed by atoms with Crippen molar-refractivity contribution >= 4 is 0 Å². The van der Waals surface area contributed by atoms with Crippen molar-refractivity contribution in [1.82, 2.24) is 39.9 Å². The van der Waals surface area contributed by atoms with Crippen molar-refractivity contribution in [3.05, 3.63) is 240 Å². The minimum Gasteiger partial charge on any atom is -0.358 e. The zero-order chi connectivity index (χ0) is 52.1. The van der Waals surface area contributed by atoms with Crippen molar-refractivity contribution in [2.75, 3.05) is 0 Å². The predicted octanol–water partition coefficient (Wildman–Crippen LogP) is 17.3. The summed E-state index contributed by atoms with van der Waals surface area (Å²) in [6, 6.07) is 70.6. The number of aromatic nitrogens is 8. The van der Waals surface area contributed by atoms with Gasteiger partial charge in [-0.25, -0.2) is 0 Å². The molecule has 1 aliphatic rings. The van der Waals surface area contributed by atoms with E-state index < -0.39 is 0 Å². The van der Waals surface area contributed by atoms with Gasteiger partial charge in [-0.2, -0.15) is 0 Å². The maximum Gasteiger partial charge on any atom is 0.0456 e. The molecule has 0 saturated carbocycles. The summed E-state index contributed by atoms with van der Waals surface area (Å²) >= 11 is 0. The van der Waals surface area contributed by atoms with Crippen LogP contribution in [0.4, 0.5) is 0 Å². The quantitative estimate of drug-likeness (QED) is 0.0737. The van der Waals surface area contributed by atoms with E-state index in [0.29, 0.717) is 0 Å². The van der Waals surface area contributed by atoms with Gasteiger partial charge in [-0.15, -0.1) is 0 Å². The topological polar surface area (TPSA) is 126 Å². The van der Waals surface area contributed by atoms with Crippen molar-refractivity contribution in [2.45, 2.75) is 77.0 Å². The summed E-state index contributed by atoms with van der Waals surface area (Å²) in [6.45, 7) is 18.2. The zero-order valence-corrected chi connectivity index (χ0v) is 44.5. The normalized spacial score (nSPS) is 15.3. The highest BCUT2D eigenvalue weighted by Gasteiger charge is 2.31. The molecule has 8 N–H and O–H groups in total. The number of rotatable bonds is 0. The Labute approximate surface area is 444 Å². The highest BCUT2D eigenvalue weighted by Crippen LogP contribution is 2.41. The van der Waals surface area contributed by atoms with E-state index in [1.165, 1.54) is 0 Å². The molecule has 76 heavy (non-hydrogen) atoms. The highest BCUT2D eigenvalue weighted by atomic mass is 14.8. The summed E-state index contributed by atoms with van der Waals surface area (Å²) in [4.78, 5) is 30.5. The van der Waals surface area contributed by atoms with E-state index in [9.17, 15) is 0 Å². The number of H-pyrrole nitrogens is 8. The van der Waals surface area contributed by atoms with Gasteiger partial charge in [0.05, 0.1) is 0 Å². The number of benzene rings is 4. The van der Waals surface area contributed by atoms with Crippen molar-refractivity contribution in [2.24, 2.45) is 0 Å². The molecule has 0 radical (unpaired) electrons. The fourth-order valence-electron chi connectivity index (χ4n) is 11.4. The molecule has 0 amide bonds. The van der Waals surface area contributed by atoms with E-state index >= 15 is 0 Å². The van der Waals surface area contributed by atoms with Crippen LogP contribution in [0.1, 0.15) is 101 Å². The fraction of sp³-hybridized carbons (Fsp3) is 0.176. The first-order valence-corrected chi connectivity index (χ1v) is 26.6. The Balaban J connectivity index is 0.860. The first-order valence-electron chi connectivity index (χ1n) is 26.6. The number of hydrogen-bond donors (Lipinski definition) is 8. The number of hydrogen-bond acceptors (Lipinski definition) is 0. The summed E-state index contributed by atoms with van der Waals surface area (Å²) in [5.41, 5.74) is 25.6. The summed E-state index contributed by atoms with van der Waals surface area (Å²) in [6.07, 6.45) is 0. The molecule has 8 aromatic heterocycles. The Morgan fingerprint density at radius 3 is 0.447 bits per heavy atom. The Morgan fingerprint density at radius 1 is 0.184 bits per heavy atom. The molecule has 12 aromatic rings.